The van der Waals surface area contributed by atoms with Gasteiger partial charge in [0.2, 0.25) is 10.7 Å². The number of hydrogen-bond acceptors (Lipinski definition) is 5. The maximum atomic E-state index is 5.78. The molecular formula is C12H15N5OS. The fourth-order valence-corrected chi connectivity index (χ4v) is 2.44. The highest BCUT2D eigenvalue weighted by Crippen LogP contribution is 2.19. The molecule has 1 aliphatic rings. The molecule has 19 heavy (non-hydrogen) atoms. The Bertz CT molecular complexity index is 612. The quantitative estimate of drug-likeness (QED) is 0.811. The van der Waals surface area contributed by atoms with Gasteiger partial charge in [0.15, 0.2) is 0 Å². The van der Waals surface area contributed by atoms with Crippen LogP contribution in [0.3, 0.4) is 0 Å². The second-order valence-electron chi connectivity index (χ2n) is 4.34. The Morgan fingerprint density at radius 3 is 2.37 bits per heavy atom. The third kappa shape index (κ3) is 2.34. The van der Waals surface area contributed by atoms with Gasteiger partial charge in [-0.15, -0.1) is 5.10 Å². The molecule has 6 nitrogen and oxygen atoms in total. The molecule has 1 saturated heterocycles. The molecule has 3 N–H and O–H groups in total. The van der Waals surface area contributed by atoms with Gasteiger partial charge in [-0.3, -0.25) is 4.57 Å². The lowest BCUT2D eigenvalue weighted by molar-refractivity contribution is 0.122. The summed E-state index contributed by atoms with van der Waals surface area (Å²) in [6.07, 6.45) is 0. The predicted octanol–water partition coefficient (Wildman–Crippen LogP) is 1.35. The molecule has 2 heterocycles. The zero-order valence-electron chi connectivity index (χ0n) is 10.4. The molecule has 1 fully saturated rings. The van der Waals surface area contributed by atoms with Crippen molar-refractivity contribution in [3.63, 3.8) is 0 Å². The number of nitrogens with two attached hydrogens (primary N) is 1. The summed E-state index contributed by atoms with van der Waals surface area (Å²) in [5, 5.41) is 6.58. The smallest absolute Gasteiger partial charge is 0.225 e. The zero-order valence-corrected chi connectivity index (χ0v) is 11.2. The summed E-state index contributed by atoms with van der Waals surface area (Å²) >= 11 is 5.15. The van der Waals surface area contributed by atoms with Gasteiger partial charge in [-0.25, -0.2) is 5.10 Å². The van der Waals surface area contributed by atoms with Crippen molar-refractivity contribution in [3.05, 3.63) is 29.0 Å². The van der Waals surface area contributed by atoms with Gasteiger partial charge in [-0.2, -0.15) is 0 Å². The van der Waals surface area contributed by atoms with E-state index in [1.165, 1.54) is 5.69 Å². The molecule has 0 unspecified atom stereocenters. The van der Waals surface area contributed by atoms with Crippen LogP contribution in [0.2, 0.25) is 0 Å². The highest BCUT2D eigenvalue weighted by molar-refractivity contribution is 7.71. The fourth-order valence-electron chi connectivity index (χ4n) is 2.19. The van der Waals surface area contributed by atoms with E-state index in [4.69, 9.17) is 22.7 Å². The van der Waals surface area contributed by atoms with Crippen molar-refractivity contribution in [3.8, 4) is 5.69 Å². The van der Waals surface area contributed by atoms with Crippen molar-refractivity contribution in [2.45, 2.75) is 0 Å². The van der Waals surface area contributed by atoms with Crippen molar-refractivity contribution in [2.24, 2.45) is 0 Å². The number of nitrogens with zero attached hydrogens (tertiary/aromatic N) is 3. The van der Waals surface area contributed by atoms with E-state index in [1.54, 1.807) is 4.57 Å². The molecule has 1 aliphatic heterocycles. The summed E-state index contributed by atoms with van der Waals surface area (Å²) in [6, 6.07) is 8.11. The third-order valence-electron chi connectivity index (χ3n) is 3.18. The molecule has 1 aromatic heterocycles. The molecule has 1 aromatic carbocycles. The Balaban J connectivity index is 1.88. The predicted molar refractivity (Wildman–Crippen MR) is 76.2 cm³/mol. The van der Waals surface area contributed by atoms with E-state index in [1.807, 2.05) is 12.1 Å². The minimum absolute atomic E-state index is 0.365. The van der Waals surface area contributed by atoms with Crippen molar-refractivity contribution in [1.82, 2.24) is 14.8 Å². The van der Waals surface area contributed by atoms with E-state index in [0.29, 0.717) is 10.7 Å². The second kappa shape index (κ2) is 5.02. The molecule has 0 atom stereocenters. The summed E-state index contributed by atoms with van der Waals surface area (Å²) < 4.78 is 7.55. The summed E-state index contributed by atoms with van der Waals surface area (Å²) in [7, 11) is 0. The van der Waals surface area contributed by atoms with Crippen LogP contribution in [0, 0.1) is 4.77 Å². The molecule has 0 bridgehead atoms. The molecule has 0 aliphatic carbocycles. The van der Waals surface area contributed by atoms with Crippen LogP contribution >= 0.6 is 12.2 Å². The number of hydrogen-bond donors (Lipinski definition) is 2. The van der Waals surface area contributed by atoms with Crippen LogP contribution in [0.25, 0.3) is 5.69 Å². The van der Waals surface area contributed by atoms with E-state index in [9.17, 15) is 0 Å². The van der Waals surface area contributed by atoms with Gasteiger partial charge >= 0.3 is 0 Å². The standard InChI is InChI=1S/C12H15N5OS/c13-11-14-15-12(19)17(11)10-3-1-9(2-4-10)16-5-7-18-8-6-16/h1-4H,5-8H2,(H2,13,14)(H,15,19). The topological polar surface area (TPSA) is 72.1 Å². The normalized spacial score (nSPS) is 15.7. The average Bonchev–Trinajstić information content (AvgIpc) is 2.79. The number of rotatable bonds is 2. The Kier molecular flexibility index (Phi) is 3.22. The lowest BCUT2D eigenvalue weighted by atomic mass is 10.2. The van der Waals surface area contributed by atoms with E-state index in [0.717, 1.165) is 32.0 Å². The molecule has 3 rings (SSSR count). The molecule has 0 radical (unpaired) electrons. The SMILES string of the molecule is Nc1n[nH]c(=S)n1-c1ccc(N2CCOCC2)cc1. The van der Waals surface area contributed by atoms with Gasteiger partial charge in [-0.05, 0) is 36.5 Å². The summed E-state index contributed by atoms with van der Waals surface area (Å²) in [5.41, 5.74) is 7.87. The van der Waals surface area contributed by atoms with Gasteiger partial charge in [0, 0.05) is 18.8 Å². The molecular weight excluding hydrogens is 262 g/mol. The molecule has 2 aromatic rings. The number of nitrogens with one attached hydrogen (secondary N) is 1. The summed E-state index contributed by atoms with van der Waals surface area (Å²) in [4.78, 5) is 2.30. The summed E-state index contributed by atoms with van der Waals surface area (Å²) in [5.74, 6) is 0.365. The van der Waals surface area contributed by atoms with Crippen molar-refractivity contribution in [1.29, 1.82) is 0 Å². The van der Waals surface area contributed by atoms with Gasteiger partial charge in [0.05, 0.1) is 18.9 Å². The van der Waals surface area contributed by atoms with E-state index in [2.05, 4.69) is 27.2 Å². The van der Waals surface area contributed by atoms with Gasteiger partial charge in [0.25, 0.3) is 0 Å². The molecule has 7 heteroatoms. The van der Waals surface area contributed by atoms with E-state index in [-0.39, 0.29) is 0 Å². The van der Waals surface area contributed by atoms with Crippen LogP contribution in [-0.2, 0) is 4.74 Å². The van der Waals surface area contributed by atoms with Crippen LogP contribution in [0.5, 0.6) is 0 Å². The van der Waals surface area contributed by atoms with Crippen molar-refractivity contribution < 1.29 is 4.74 Å². The maximum Gasteiger partial charge on any atom is 0.225 e. The first-order valence-electron chi connectivity index (χ1n) is 6.12. The first kappa shape index (κ1) is 12.2. The highest BCUT2D eigenvalue weighted by atomic mass is 32.1. The van der Waals surface area contributed by atoms with Crippen LogP contribution in [0.1, 0.15) is 0 Å². The van der Waals surface area contributed by atoms with E-state index >= 15 is 0 Å². The number of H-pyrrole nitrogens is 1. The lowest BCUT2D eigenvalue weighted by Crippen LogP contribution is -2.36. The Morgan fingerprint density at radius 1 is 1.16 bits per heavy atom. The molecule has 0 saturated carbocycles. The van der Waals surface area contributed by atoms with Gasteiger partial charge < -0.3 is 15.4 Å². The van der Waals surface area contributed by atoms with E-state index < -0.39 is 0 Å². The first-order chi connectivity index (χ1) is 9.25. The molecule has 100 valence electrons. The first-order valence-corrected chi connectivity index (χ1v) is 6.52. The van der Waals surface area contributed by atoms with Crippen LogP contribution < -0.4 is 10.6 Å². The number of ether oxygens (including phenoxy) is 1. The number of aromatic nitrogens is 3. The number of benzene rings is 1. The second-order valence-corrected chi connectivity index (χ2v) is 4.72. The largest absolute Gasteiger partial charge is 0.378 e. The number of anilines is 2. The number of aromatic amines is 1. The number of nitrogen functional groups attached to an aromatic ring is 1. The van der Waals surface area contributed by atoms with Crippen LogP contribution in [0.4, 0.5) is 11.6 Å². The lowest BCUT2D eigenvalue weighted by Gasteiger charge is -2.28. The molecule has 0 amide bonds. The van der Waals surface area contributed by atoms with Crippen molar-refractivity contribution in [2.75, 3.05) is 36.9 Å². The molecule has 0 spiro atoms. The highest BCUT2D eigenvalue weighted by Gasteiger charge is 2.11. The monoisotopic (exact) mass is 277 g/mol. The number of morpholine rings is 1. The van der Waals surface area contributed by atoms with Gasteiger partial charge in [0.1, 0.15) is 0 Å². The third-order valence-corrected chi connectivity index (χ3v) is 3.46. The summed E-state index contributed by atoms with van der Waals surface area (Å²) in [6.45, 7) is 3.40. The maximum absolute atomic E-state index is 5.78. The Morgan fingerprint density at radius 2 is 1.79 bits per heavy atom. The fraction of sp³-hybridized carbons (Fsp3) is 0.333. The van der Waals surface area contributed by atoms with Gasteiger partial charge in [-0.1, -0.05) is 0 Å². The van der Waals surface area contributed by atoms with Crippen molar-refractivity contribution >= 4 is 23.9 Å². The average molecular weight is 277 g/mol. The Labute approximate surface area is 115 Å². The Hall–Kier alpha value is -1.86. The zero-order chi connectivity index (χ0) is 13.2. The minimum atomic E-state index is 0.365. The minimum Gasteiger partial charge on any atom is -0.378 e. The van der Waals surface area contributed by atoms with Crippen LogP contribution in [0.15, 0.2) is 24.3 Å². The van der Waals surface area contributed by atoms with Crippen LogP contribution in [-0.4, -0.2) is 41.1 Å².